The van der Waals surface area contributed by atoms with E-state index in [4.69, 9.17) is 11.6 Å². The first kappa shape index (κ1) is 19.7. The van der Waals surface area contributed by atoms with Crippen LogP contribution < -0.4 is 5.32 Å². The number of anilines is 1. The summed E-state index contributed by atoms with van der Waals surface area (Å²) in [4.78, 5) is 28.7. The second-order valence-corrected chi connectivity index (χ2v) is 7.78. The molecule has 3 unspecified atom stereocenters. The number of hydrogen-bond acceptors (Lipinski definition) is 3. The van der Waals surface area contributed by atoms with Crippen molar-refractivity contribution >= 4 is 29.1 Å². The molecule has 0 radical (unpaired) electrons. The van der Waals surface area contributed by atoms with Gasteiger partial charge in [0, 0.05) is 23.8 Å². The van der Waals surface area contributed by atoms with E-state index in [0.29, 0.717) is 22.5 Å². The van der Waals surface area contributed by atoms with Gasteiger partial charge in [-0.2, -0.15) is 0 Å². The largest absolute Gasteiger partial charge is 0.341 e. The standard InChI is InChI=1S/C19H28ClN3O2/c1-13-8-14(2)11-23(10-13)19(25)15(3)22(4)12-18(24)21-17-7-5-6-16(20)9-17/h5-7,9,13-15H,8,10-12H2,1-4H3,(H,21,24). The molecule has 0 aliphatic carbocycles. The number of rotatable bonds is 5. The lowest BCUT2D eigenvalue weighted by Gasteiger charge is -2.38. The molecule has 2 rings (SSSR count). The van der Waals surface area contributed by atoms with Crippen LogP contribution in [0.15, 0.2) is 24.3 Å². The van der Waals surface area contributed by atoms with Crippen molar-refractivity contribution in [3.63, 3.8) is 0 Å². The smallest absolute Gasteiger partial charge is 0.239 e. The molecule has 1 saturated heterocycles. The average molecular weight is 366 g/mol. The van der Waals surface area contributed by atoms with E-state index in [1.54, 1.807) is 36.2 Å². The predicted octanol–water partition coefficient (Wildman–Crippen LogP) is 3.10. The first-order chi connectivity index (χ1) is 11.8. The Hall–Kier alpha value is -1.59. The molecule has 0 spiro atoms. The van der Waals surface area contributed by atoms with Crippen LogP contribution in [-0.2, 0) is 9.59 Å². The van der Waals surface area contributed by atoms with Crippen LogP contribution in [0, 0.1) is 11.8 Å². The molecule has 2 amide bonds. The fourth-order valence-corrected chi connectivity index (χ4v) is 3.62. The van der Waals surface area contributed by atoms with Gasteiger partial charge in [-0.05, 0) is 50.4 Å². The first-order valence-corrected chi connectivity index (χ1v) is 9.18. The Morgan fingerprint density at radius 2 is 1.96 bits per heavy atom. The zero-order chi connectivity index (χ0) is 18.6. The highest BCUT2D eigenvalue weighted by Crippen LogP contribution is 2.22. The molecule has 1 aromatic rings. The number of amides is 2. The van der Waals surface area contributed by atoms with Gasteiger partial charge in [0.2, 0.25) is 11.8 Å². The number of carbonyl (C=O) groups is 2. The highest BCUT2D eigenvalue weighted by atomic mass is 35.5. The summed E-state index contributed by atoms with van der Waals surface area (Å²) in [7, 11) is 1.80. The highest BCUT2D eigenvalue weighted by molar-refractivity contribution is 6.30. The van der Waals surface area contributed by atoms with Gasteiger partial charge in [0.25, 0.3) is 0 Å². The number of likely N-dealkylation sites (tertiary alicyclic amines) is 1. The van der Waals surface area contributed by atoms with Gasteiger partial charge in [-0.25, -0.2) is 0 Å². The zero-order valence-corrected chi connectivity index (χ0v) is 16.2. The topological polar surface area (TPSA) is 52.7 Å². The monoisotopic (exact) mass is 365 g/mol. The summed E-state index contributed by atoms with van der Waals surface area (Å²) in [6.07, 6.45) is 1.16. The predicted molar refractivity (Wildman–Crippen MR) is 102 cm³/mol. The summed E-state index contributed by atoms with van der Waals surface area (Å²) >= 11 is 5.92. The Kier molecular flexibility index (Phi) is 6.85. The van der Waals surface area contributed by atoms with Gasteiger partial charge < -0.3 is 10.2 Å². The molecule has 1 aromatic carbocycles. The Labute approximate surface area is 155 Å². The van der Waals surface area contributed by atoms with Crippen LogP contribution in [0.1, 0.15) is 27.2 Å². The molecular weight excluding hydrogens is 338 g/mol. The quantitative estimate of drug-likeness (QED) is 0.872. The Balaban J connectivity index is 1.89. The van der Waals surface area contributed by atoms with Gasteiger partial charge in [0.1, 0.15) is 0 Å². The lowest BCUT2D eigenvalue weighted by molar-refractivity contribution is -0.139. The summed E-state index contributed by atoms with van der Waals surface area (Å²) < 4.78 is 0. The van der Waals surface area contributed by atoms with Crippen molar-refractivity contribution in [1.29, 1.82) is 0 Å². The normalized spacial score (nSPS) is 21.9. The summed E-state index contributed by atoms with van der Waals surface area (Å²) in [6, 6.07) is 6.69. The lowest BCUT2D eigenvalue weighted by Crippen LogP contribution is -2.51. The van der Waals surface area contributed by atoms with Crippen LogP contribution >= 0.6 is 11.6 Å². The number of halogens is 1. The second-order valence-electron chi connectivity index (χ2n) is 7.34. The van der Waals surface area contributed by atoms with Crippen molar-refractivity contribution in [3.05, 3.63) is 29.3 Å². The number of likely N-dealkylation sites (N-methyl/N-ethyl adjacent to an activating group) is 1. The van der Waals surface area contributed by atoms with Crippen LogP contribution in [-0.4, -0.2) is 54.3 Å². The third kappa shape index (κ3) is 5.72. The van der Waals surface area contributed by atoms with Crippen molar-refractivity contribution in [2.45, 2.75) is 33.2 Å². The number of carbonyl (C=O) groups excluding carboxylic acids is 2. The molecule has 6 heteroatoms. The van der Waals surface area contributed by atoms with Gasteiger partial charge in [-0.3, -0.25) is 14.5 Å². The highest BCUT2D eigenvalue weighted by Gasteiger charge is 2.30. The number of nitrogens with one attached hydrogen (secondary N) is 1. The molecule has 1 heterocycles. The molecule has 1 fully saturated rings. The first-order valence-electron chi connectivity index (χ1n) is 8.80. The van der Waals surface area contributed by atoms with E-state index in [1.165, 1.54) is 0 Å². The fourth-order valence-electron chi connectivity index (χ4n) is 3.43. The lowest BCUT2D eigenvalue weighted by atomic mass is 9.91. The summed E-state index contributed by atoms with van der Waals surface area (Å²) in [6.45, 7) is 7.98. The second kappa shape index (κ2) is 8.68. The van der Waals surface area contributed by atoms with Crippen LogP contribution in [0.4, 0.5) is 5.69 Å². The fraction of sp³-hybridized carbons (Fsp3) is 0.579. The number of benzene rings is 1. The van der Waals surface area contributed by atoms with Crippen LogP contribution in [0.3, 0.4) is 0 Å². The maximum Gasteiger partial charge on any atom is 0.239 e. The minimum absolute atomic E-state index is 0.0939. The van der Waals surface area contributed by atoms with E-state index in [0.717, 1.165) is 19.5 Å². The summed E-state index contributed by atoms with van der Waals surface area (Å²) in [5.41, 5.74) is 0.656. The van der Waals surface area contributed by atoms with Gasteiger partial charge in [0.15, 0.2) is 0 Å². The molecule has 1 aliphatic heterocycles. The van der Waals surface area contributed by atoms with Crippen LogP contribution in [0.2, 0.25) is 5.02 Å². The minimum atomic E-state index is -0.331. The van der Waals surface area contributed by atoms with Gasteiger partial charge in [-0.1, -0.05) is 31.5 Å². The number of hydrogen-bond donors (Lipinski definition) is 1. The van der Waals surface area contributed by atoms with Crippen LogP contribution in [0.25, 0.3) is 0 Å². The Bertz CT molecular complexity index is 612. The molecule has 25 heavy (non-hydrogen) atoms. The molecular formula is C19H28ClN3O2. The average Bonchev–Trinajstić information content (AvgIpc) is 2.52. The molecule has 3 atom stereocenters. The van der Waals surface area contributed by atoms with Crippen molar-refractivity contribution in [3.8, 4) is 0 Å². The third-order valence-electron chi connectivity index (χ3n) is 4.70. The van der Waals surface area contributed by atoms with E-state index in [1.807, 2.05) is 11.8 Å². The summed E-state index contributed by atoms with van der Waals surface area (Å²) in [5.74, 6) is 0.980. The van der Waals surface area contributed by atoms with E-state index < -0.39 is 0 Å². The van der Waals surface area contributed by atoms with E-state index in [9.17, 15) is 9.59 Å². The van der Waals surface area contributed by atoms with E-state index in [-0.39, 0.29) is 24.4 Å². The van der Waals surface area contributed by atoms with Gasteiger partial charge >= 0.3 is 0 Å². The SMILES string of the molecule is CC1CC(C)CN(C(=O)C(C)N(C)CC(=O)Nc2cccc(Cl)c2)C1. The minimum Gasteiger partial charge on any atom is -0.341 e. The van der Waals surface area contributed by atoms with Crippen molar-refractivity contribution in [2.75, 3.05) is 32.0 Å². The van der Waals surface area contributed by atoms with Crippen molar-refractivity contribution in [1.82, 2.24) is 9.80 Å². The Morgan fingerprint density at radius 3 is 2.56 bits per heavy atom. The zero-order valence-electron chi connectivity index (χ0n) is 15.5. The molecule has 1 N–H and O–H groups in total. The summed E-state index contributed by atoms with van der Waals surface area (Å²) in [5, 5.41) is 3.38. The van der Waals surface area contributed by atoms with E-state index in [2.05, 4.69) is 19.2 Å². The van der Waals surface area contributed by atoms with Gasteiger partial charge in [0.05, 0.1) is 12.6 Å². The number of nitrogens with zero attached hydrogens (tertiary/aromatic N) is 2. The van der Waals surface area contributed by atoms with Gasteiger partial charge in [-0.15, -0.1) is 0 Å². The van der Waals surface area contributed by atoms with E-state index >= 15 is 0 Å². The molecule has 0 aromatic heterocycles. The molecule has 0 saturated carbocycles. The van der Waals surface area contributed by atoms with Crippen molar-refractivity contribution in [2.24, 2.45) is 11.8 Å². The molecule has 1 aliphatic rings. The van der Waals surface area contributed by atoms with Crippen molar-refractivity contribution < 1.29 is 9.59 Å². The maximum atomic E-state index is 12.8. The third-order valence-corrected chi connectivity index (χ3v) is 4.94. The Morgan fingerprint density at radius 1 is 1.32 bits per heavy atom. The molecule has 138 valence electrons. The van der Waals surface area contributed by atoms with Crippen LogP contribution in [0.5, 0.6) is 0 Å². The molecule has 0 bridgehead atoms. The number of piperidine rings is 1. The maximum absolute atomic E-state index is 12.8. The molecule has 5 nitrogen and oxygen atoms in total.